The Morgan fingerprint density at radius 3 is 2.67 bits per heavy atom. The second-order valence-electron chi connectivity index (χ2n) is 5.07. The molecule has 114 valence electrons. The Morgan fingerprint density at radius 1 is 1.38 bits per heavy atom. The maximum atomic E-state index is 12.7. The Labute approximate surface area is 122 Å². The van der Waals surface area contributed by atoms with Crippen molar-refractivity contribution in [3.05, 3.63) is 29.8 Å². The number of aromatic nitrogens is 1. The third-order valence-corrected chi connectivity index (χ3v) is 3.56. The minimum absolute atomic E-state index is 0.00475. The number of hydrogen-bond donors (Lipinski definition) is 2. The van der Waals surface area contributed by atoms with Gasteiger partial charge in [0.1, 0.15) is 0 Å². The number of nitrogens with zero attached hydrogens (tertiary/aromatic N) is 2. The van der Waals surface area contributed by atoms with Crippen molar-refractivity contribution < 1.29 is 14.0 Å². The predicted octanol–water partition coefficient (Wildman–Crippen LogP) is 0.161. The van der Waals surface area contributed by atoms with E-state index in [2.05, 4.69) is 20.5 Å². The number of likely N-dealkylation sites (tertiary alicyclic amines) is 1. The van der Waals surface area contributed by atoms with Crippen molar-refractivity contribution in [1.29, 1.82) is 0 Å². The van der Waals surface area contributed by atoms with Gasteiger partial charge in [-0.15, -0.1) is 0 Å². The zero-order chi connectivity index (χ0) is 15.2. The van der Waals surface area contributed by atoms with Crippen molar-refractivity contribution in [1.82, 2.24) is 20.5 Å². The van der Waals surface area contributed by atoms with E-state index in [-0.39, 0.29) is 17.9 Å². The van der Waals surface area contributed by atoms with Crippen LogP contribution in [0.15, 0.2) is 18.3 Å². The van der Waals surface area contributed by atoms with Gasteiger partial charge in [-0.2, -0.15) is 4.39 Å². The minimum atomic E-state index is -0.603. The number of pyridine rings is 1. The van der Waals surface area contributed by atoms with Crippen molar-refractivity contribution in [2.24, 2.45) is 0 Å². The van der Waals surface area contributed by atoms with Crippen molar-refractivity contribution >= 4 is 11.8 Å². The molecule has 0 aromatic carbocycles. The predicted molar refractivity (Wildman–Crippen MR) is 75.2 cm³/mol. The Kier molecular flexibility index (Phi) is 5.21. The molecule has 1 saturated heterocycles. The SMILES string of the molecule is CNC(=O)CN1CCC(NC(=O)c2ccc(F)nc2)CC1. The van der Waals surface area contributed by atoms with Gasteiger partial charge in [-0.3, -0.25) is 14.5 Å². The van der Waals surface area contributed by atoms with Crippen LogP contribution in [0.3, 0.4) is 0 Å². The van der Waals surface area contributed by atoms with Crippen LogP contribution in [0, 0.1) is 5.95 Å². The lowest BCUT2D eigenvalue weighted by molar-refractivity contribution is -0.122. The molecular weight excluding hydrogens is 275 g/mol. The van der Waals surface area contributed by atoms with Gasteiger partial charge in [0.2, 0.25) is 11.9 Å². The highest BCUT2D eigenvalue weighted by molar-refractivity contribution is 5.94. The standard InChI is InChI=1S/C14H19FN4O2/c1-16-13(20)9-19-6-4-11(5-7-19)18-14(21)10-2-3-12(15)17-8-10/h2-3,8,11H,4-7,9H2,1H3,(H,16,20)(H,18,21). The Bertz CT molecular complexity index is 498. The molecule has 1 aromatic heterocycles. The molecule has 7 heteroatoms. The van der Waals surface area contributed by atoms with Crippen LogP contribution in [0.1, 0.15) is 23.2 Å². The number of piperidine rings is 1. The van der Waals surface area contributed by atoms with E-state index in [9.17, 15) is 14.0 Å². The van der Waals surface area contributed by atoms with Crippen LogP contribution in [0.2, 0.25) is 0 Å². The topological polar surface area (TPSA) is 74.3 Å². The zero-order valence-corrected chi connectivity index (χ0v) is 11.9. The largest absolute Gasteiger partial charge is 0.358 e. The summed E-state index contributed by atoms with van der Waals surface area (Å²) in [7, 11) is 1.62. The number of nitrogens with one attached hydrogen (secondary N) is 2. The van der Waals surface area contributed by atoms with E-state index in [0.29, 0.717) is 12.1 Å². The number of hydrogen-bond acceptors (Lipinski definition) is 4. The molecule has 1 fully saturated rings. The zero-order valence-electron chi connectivity index (χ0n) is 11.9. The van der Waals surface area contributed by atoms with Gasteiger partial charge < -0.3 is 10.6 Å². The van der Waals surface area contributed by atoms with E-state index in [1.165, 1.54) is 18.3 Å². The van der Waals surface area contributed by atoms with E-state index in [0.717, 1.165) is 25.9 Å². The molecule has 6 nitrogen and oxygen atoms in total. The molecule has 2 rings (SSSR count). The normalized spacial score (nSPS) is 16.5. The lowest BCUT2D eigenvalue weighted by Gasteiger charge is -2.31. The summed E-state index contributed by atoms with van der Waals surface area (Å²) in [6.07, 6.45) is 2.81. The third-order valence-electron chi connectivity index (χ3n) is 3.56. The Balaban J connectivity index is 1.79. The van der Waals surface area contributed by atoms with Gasteiger partial charge in [0.15, 0.2) is 0 Å². The van der Waals surface area contributed by atoms with Gasteiger partial charge >= 0.3 is 0 Å². The van der Waals surface area contributed by atoms with Crippen molar-refractivity contribution in [3.8, 4) is 0 Å². The Morgan fingerprint density at radius 2 is 2.10 bits per heavy atom. The fourth-order valence-electron chi connectivity index (χ4n) is 2.30. The van der Waals surface area contributed by atoms with Gasteiger partial charge in [-0.05, 0) is 25.0 Å². The van der Waals surface area contributed by atoms with E-state index < -0.39 is 5.95 Å². The molecule has 1 aromatic rings. The highest BCUT2D eigenvalue weighted by Crippen LogP contribution is 2.11. The number of likely N-dealkylation sites (N-methyl/N-ethyl adjacent to an activating group) is 1. The first kappa shape index (κ1) is 15.4. The van der Waals surface area contributed by atoms with E-state index >= 15 is 0 Å². The highest BCUT2D eigenvalue weighted by Gasteiger charge is 2.22. The first-order chi connectivity index (χ1) is 10.1. The highest BCUT2D eigenvalue weighted by atomic mass is 19.1. The summed E-state index contributed by atoms with van der Waals surface area (Å²) in [4.78, 5) is 28.8. The van der Waals surface area contributed by atoms with Crippen LogP contribution in [0.25, 0.3) is 0 Å². The second kappa shape index (κ2) is 7.12. The summed E-state index contributed by atoms with van der Waals surface area (Å²) in [6.45, 7) is 1.92. The maximum absolute atomic E-state index is 12.7. The first-order valence-corrected chi connectivity index (χ1v) is 6.94. The quantitative estimate of drug-likeness (QED) is 0.776. The van der Waals surface area contributed by atoms with Gasteiger partial charge in [0.25, 0.3) is 5.91 Å². The summed E-state index contributed by atoms with van der Waals surface area (Å²) < 4.78 is 12.7. The second-order valence-corrected chi connectivity index (χ2v) is 5.07. The molecule has 0 spiro atoms. The molecule has 0 aliphatic carbocycles. The lowest BCUT2D eigenvalue weighted by atomic mass is 10.0. The maximum Gasteiger partial charge on any atom is 0.253 e. The molecule has 0 atom stereocenters. The van der Waals surface area contributed by atoms with Crippen LogP contribution in [0.4, 0.5) is 4.39 Å². The van der Waals surface area contributed by atoms with Crippen LogP contribution in [-0.2, 0) is 4.79 Å². The summed E-state index contributed by atoms with van der Waals surface area (Å²) in [5, 5.41) is 5.51. The van der Waals surface area contributed by atoms with Crippen LogP contribution in [0.5, 0.6) is 0 Å². The molecule has 1 aliphatic heterocycles. The molecule has 0 bridgehead atoms. The van der Waals surface area contributed by atoms with E-state index in [1.54, 1.807) is 7.05 Å². The fraction of sp³-hybridized carbons (Fsp3) is 0.500. The number of carbonyl (C=O) groups is 2. The van der Waals surface area contributed by atoms with Crippen molar-refractivity contribution in [2.45, 2.75) is 18.9 Å². The molecule has 1 aliphatic rings. The molecule has 0 unspecified atom stereocenters. The summed E-state index contributed by atoms with van der Waals surface area (Å²) in [5.74, 6) is -0.851. The smallest absolute Gasteiger partial charge is 0.253 e. The molecule has 2 heterocycles. The average Bonchev–Trinajstić information content (AvgIpc) is 2.49. The van der Waals surface area contributed by atoms with Gasteiger partial charge in [0.05, 0.1) is 12.1 Å². The van der Waals surface area contributed by atoms with Gasteiger partial charge in [-0.1, -0.05) is 0 Å². The van der Waals surface area contributed by atoms with Crippen molar-refractivity contribution in [3.63, 3.8) is 0 Å². The molecular formula is C14H19FN4O2. The van der Waals surface area contributed by atoms with E-state index in [4.69, 9.17) is 0 Å². The fourth-order valence-corrected chi connectivity index (χ4v) is 2.30. The number of rotatable bonds is 4. The first-order valence-electron chi connectivity index (χ1n) is 6.94. The molecule has 0 saturated carbocycles. The molecule has 2 N–H and O–H groups in total. The molecule has 2 amide bonds. The molecule has 21 heavy (non-hydrogen) atoms. The van der Waals surface area contributed by atoms with E-state index in [1.807, 2.05) is 0 Å². The van der Waals surface area contributed by atoms with Crippen LogP contribution in [-0.4, -0.2) is 54.4 Å². The van der Waals surface area contributed by atoms with Gasteiger partial charge in [-0.25, -0.2) is 4.98 Å². The lowest BCUT2D eigenvalue weighted by Crippen LogP contribution is -2.47. The number of carbonyl (C=O) groups excluding carboxylic acids is 2. The monoisotopic (exact) mass is 294 g/mol. The summed E-state index contributed by atoms with van der Waals surface area (Å²) in [6, 6.07) is 2.66. The Hall–Kier alpha value is -2.02. The van der Waals surface area contributed by atoms with Crippen LogP contribution >= 0.6 is 0 Å². The average molecular weight is 294 g/mol. The number of amides is 2. The number of halogens is 1. The van der Waals surface area contributed by atoms with Gasteiger partial charge in [0, 0.05) is 32.4 Å². The minimum Gasteiger partial charge on any atom is -0.358 e. The van der Waals surface area contributed by atoms with Crippen molar-refractivity contribution in [2.75, 3.05) is 26.7 Å². The van der Waals surface area contributed by atoms with Crippen LogP contribution < -0.4 is 10.6 Å². The third kappa shape index (κ3) is 4.49. The summed E-state index contributed by atoms with van der Waals surface area (Å²) in [5.41, 5.74) is 0.351. The summed E-state index contributed by atoms with van der Waals surface area (Å²) >= 11 is 0. The molecule has 0 radical (unpaired) electrons.